The number of hydrogen-bond acceptors (Lipinski definition) is 4. The van der Waals surface area contributed by atoms with Gasteiger partial charge in [0.05, 0.1) is 11.9 Å². The summed E-state index contributed by atoms with van der Waals surface area (Å²) in [6.45, 7) is 4.48. The van der Waals surface area contributed by atoms with Crippen LogP contribution in [0.3, 0.4) is 0 Å². The molecule has 3 rings (SSSR count). The molecule has 5 heteroatoms. The minimum atomic E-state index is 0.143. The van der Waals surface area contributed by atoms with Crippen LogP contribution in [0.15, 0.2) is 77.9 Å². The van der Waals surface area contributed by atoms with Crippen LogP contribution < -0.4 is 4.74 Å². The minimum Gasteiger partial charge on any atom is -0.476 e. The molecule has 0 spiro atoms. The molecular formula is C22H21ClN2O2. The molecule has 2 aromatic carbocycles. The molecule has 0 saturated carbocycles. The molecule has 0 unspecified atom stereocenters. The van der Waals surface area contributed by atoms with Gasteiger partial charge in [0, 0.05) is 5.92 Å². The van der Waals surface area contributed by atoms with Gasteiger partial charge in [0.25, 0.3) is 0 Å². The van der Waals surface area contributed by atoms with Crippen LogP contribution in [0.5, 0.6) is 11.5 Å². The molecule has 0 fully saturated rings. The monoisotopic (exact) mass is 380 g/mol. The van der Waals surface area contributed by atoms with Gasteiger partial charge in [-0.2, -0.15) is 0 Å². The summed E-state index contributed by atoms with van der Waals surface area (Å²) in [4.78, 5) is 8.59. The molecule has 0 saturated heterocycles. The Hall–Kier alpha value is -2.85. The third kappa shape index (κ3) is 5.83. The highest BCUT2D eigenvalue weighted by atomic mass is 35.5. The Kier molecular flexibility index (Phi) is 6.44. The lowest BCUT2D eigenvalue weighted by atomic mass is 10.2. The maximum Gasteiger partial charge on any atom is 0.191 e. The Labute approximate surface area is 164 Å². The molecule has 3 aromatic rings. The lowest BCUT2D eigenvalue weighted by Crippen LogP contribution is -2.12. The van der Waals surface area contributed by atoms with E-state index in [1.165, 1.54) is 0 Å². The molecule has 1 aromatic heterocycles. The Bertz CT molecular complexity index is 894. The fourth-order valence-electron chi connectivity index (χ4n) is 2.37. The lowest BCUT2D eigenvalue weighted by Gasteiger charge is -2.13. The van der Waals surface area contributed by atoms with Gasteiger partial charge in [-0.3, -0.25) is 0 Å². The largest absolute Gasteiger partial charge is 0.476 e. The average molecular weight is 381 g/mol. The van der Waals surface area contributed by atoms with E-state index in [-0.39, 0.29) is 5.92 Å². The van der Waals surface area contributed by atoms with E-state index in [1.54, 1.807) is 12.3 Å². The fraction of sp³-hybridized carbons (Fsp3) is 0.182. The van der Waals surface area contributed by atoms with Crippen LogP contribution in [0.4, 0.5) is 5.69 Å². The molecule has 0 bridgehead atoms. The van der Waals surface area contributed by atoms with Gasteiger partial charge in [0.15, 0.2) is 5.90 Å². The number of rotatable bonds is 6. The number of aromatic nitrogens is 1. The predicted molar refractivity (Wildman–Crippen MR) is 109 cm³/mol. The summed E-state index contributed by atoms with van der Waals surface area (Å²) in [5.41, 5.74) is 1.72. The first-order chi connectivity index (χ1) is 13.1. The van der Waals surface area contributed by atoms with Gasteiger partial charge >= 0.3 is 0 Å². The standard InChI is InChI=1S/C22H21ClN2O2/c1-16(2)22(25-18-11-12-21(23)24-14-18)26-15-17-7-6-10-20(13-17)27-19-8-4-3-5-9-19/h3-14,16H,15H2,1-2H3. The number of ether oxygens (including phenoxy) is 2. The molecule has 0 aliphatic carbocycles. The zero-order chi connectivity index (χ0) is 19.1. The highest BCUT2D eigenvalue weighted by Crippen LogP contribution is 2.22. The highest BCUT2D eigenvalue weighted by molar-refractivity contribution is 6.29. The molecule has 0 aliphatic heterocycles. The second kappa shape index (κ2) is 9.19. The minimum absolute atomic E-state index is 0.143. The van der Waals surface area contributed by atoms with Crippen molar-refractivity contribution < 1.29 is 9.47 Å². The van der Waals surface area contributed by atoms with Gasteiger partial charge in [-0.25, -0.2) is 9.98 Å². The molecule has 0 radical (unpaired) electrons. The molecule has 4 nitrogen and oxygen atoms in total. The number of halogens is 1. The van der Waals surface area contributed by atoms with Gasteiger partial charge in [-0.1, -0.05) is 55.8 Å². The van der Waals surface area contributed by atoms with E-state index in [9.17, 15) is 0 Å². The Morgan fingerprint density at radius 2 is 1.78 bits per heavy atom. The first-order valence-electron chi connectivity index (χ1n) is 8.75. The van der Waals surface area contributed by atoms with E-state index in [1.807, 2.05) is 74.5 Å². The number of pyridine rings is 1. The highest BCUT2D eigenvalue weighted by Gasteiger charge is 2.09. The van der Waals surface area contributed by atoms with Crippen molar-refractivity contribution in [2.24, 2.45) is 10.9 Å². The van der Waals surface area contributed by atoms with E-state index in [2.05, 4.69) is 9.98 Å². The molecule has 0 N–H and O–H groups in total. The summed E-state index contributed by atoms with van der Waals surface area (Å²) in [5.74, 6) is 2.36. The predicted octanol–water partition coefficient (Wildman–Crippen LogP) is 6.43. The number of nitrogens with zero attached hydrogens (tertiary/aromatic N) is 2. The topological polar surface area (TPSA) is 43.7 Å². The summed E-state index contributed by atoms with van der Waals surface area (Å²) in [7, 11) is 0. The van der Waals surface area contributed by atoms with Crippen LogP contribution in [0.1, 0.15) is 19.4 Å². The van der Waals surface area contributed by atoms with Crippen LogP contribution in [0.2, 0.25) is 5.15 Å². The fourth-order valence-corrected chi connectivity index (χ4v) is 2.48. The van der Waals surface area contributed by atoms with E-state index >= 15 is 0 Å². The molecule has 0 amide bonds. The van der Waals surface area contributed by atoms with E-state index < -0.39 is 0 Å². The van der Waals surface area contributed by atoms with Crippen LogP contribution in [-0.2, 0) is 11.3 Å². The van der Waals surface area contributed by atoms with Gasteiger partial charge in [0.2, 0.25) is 0 Å². The Balaban J connectivity index is 1.68. The Morgan fingerprint density at radius 3 is 2.48 bits per heavy atom. The lowest BCUT2D eigenvalue weighted by molar-refractivity contribution is 0.273. The number of hydrogen-bond donors (Lipinski definition) is 0. The average Bonchev–Trinajstić information content (AvgIpc) is 2.67. The first-order valence-corrected chi connectivity index (χ1v) is 9.13. The summed E-state index contributed by atoms with van der Waals surface area (Å²) in [6.07, 6.45) is 1.63. The molecule has 0 aliphatic rings. The molecule has 0 atom stereocenters. The summed E-state index contributed by atoms with van der Waals surface area (Å²) < 4.78 is 11.8. The maximum atomic E-state index is 5.96. The second-order valence-electron chi connectivity index (χ2n) is 6.30. The van der Waals surface area contributed by atoms with Gasteiger partial charge < -0.3 is 9.47 Å². The third-order valence-electron chi connectivity index (χ3n) is 3.71. The number of para-hydroxylation sites is 1. The van der Waals surface area contributed by atoms with Crippen LogP contribution in [0, 0.1) is 5.92 Å². The second-order valence-corrected chi connectivity index (χ2v) is 6.68. The van der Waals surface area contributed by atoms with Crippen LogP contribution in [0.25, 0.3) is 0 Å². The van der Waals surface area contributed by atoms with Crippen molar-refractivity contribution in [2.75, 3.05) is 0 Å². The van der Waals surface area contributed by atoms with E-state index in [0.717, 1.165) is 17.1 Å². The van der Waals surface area contributed by atoms with E-state index in [4.69, 9.17) is 21.1 Å². The zero-order valence-corrected chi connectivity index (χ0v) is 16.1. The van der Waals surface area contributed by atoms with Crippen LogP contribution in [-0.4, -0.2) is 10.9 Å². The maximum absolute atomic E-state index is 5.96. The molecule has 138 valence electrons. The molecular weight excluding hydrogens is 360 g/mol. The van der Waals surface area contributed by atoms with Gasteiger partial charge in [-0.05, 0) is 42.0 Å². The smallest absolute Gasteiger partial charge is 0.191 e. The van der Waals surface area contributed by atoms with E-state index in [0.29, 0.717) is 23.3 Å². The zero-order valence-electron chi connectivity index (χ0n) is 15.3. The number of benzene rings is 2. The van der Waals surface area contributed by atoms with Crippen LogP contribution >= 0.6 is 11.6 Å². The first kappa shape index (κ1) is 18.9. The summed E-state index contributed by atoms with van der Waals surface area (Å²) >= 11 is 5.82. The van der Waals surface area contributed by atoms with Crippen molar-refractivity contribution in [2.45, 2.75) is 20.5 Å². The molecule has 1 heterocycles. The van der Waals surface area contributed by atoms with Gasteiger partial charge in [0.1, 0.15) is 23.3 Å². The van der Waals surface area contributed by atoms with Crippen molar-refractivity contribution in [1.29, 1.82) is 0 Å². The van der Waals surface area contributed by atoms with Crippen molar-refractivity contribution in [3.05, 3.63) is 83.6 Å². The number of aliphatic imine (C=N–C) groups is 1. The van der Waals surface area contributed by atoms with Gasteiger partial charge in [-0.15, -0.1) is 0 Å². The summed E-state index contributed by atoms with van der Waals surface area (Å²) in [6, 6.07) is 21.1. The SMILES string of the molecule is CC(C)C(=Nc1ccc(Cl)nc1)OCc1cccc(Oc2ccccc2)c1. The summed E-state index contributed by atoms with van der Waals surface area (Å²) in [5, 5.41) is 0.441. The van der Waals surface area contributed by atoms with Crippen molar-refractivity contribution >= 4 is 23.2 Å². The van der Waals surface area contributed by atoms with Crippen molar-refractivity contribution in [3.63, 3.8) is 0 Å². The quantitative estimate of drug-likeness (QED) is 0.281. The molecule has 27 heavy (non-hydrogen) atoms. The third-order valence-corrected chi connectivity index (χ3v) is 3.93. The normalized spacial score (nSPS) is 11.5. The van der Waals surface area contributed by atoms with Crippen molar-refractivity contribution in [1.82, 2.24) is 4.98 Å². The van der Waals surface area contributed by atoms with Crippen molar-refractivity contribution in [3.8, 4) is 11.5 Å². The Morgan fingerprint density at radius 1 is 1.00 bits per heavy atom.